The first-order valence-corrected chi connectivity index (χ1v) is 9.19. The lowest BCUT2D eigenvalue weighted by Gasteiger charge is -2.36. The van der Waals surface area contributed by atoms with E-state index in [4.69, 9.17) is 4.98 Å². The van der Waals surface area contributed by atoms with Crippen molar-refractivity contribution in [1.29, 1.82) is 0 Å². The first-order chi connectivity index (χ1) is 11.5. The second kappa shape index (κ2) is 7.36. The SMILES string of the molecule is Cc1cc(N2CCN(C(=O)C(C)C)CC2)nc(N2CCCCC2)n1. The molecule has 0 N–H and O–H groups in total. The van der Waals surface area contributed by atoms with E-state index in [1.807, 2.05) is 25.7 Å². The maximum absolute atomic E-state index is 12.1. The van der Waals surface area contributed by atoms with Gasteiger partial charge in [-0.25, -0.2) is 4.98 Å². The van der Waals surface area contributed by atoms with Crippen molar-refractivity contribution in [3.63, 3.8) is 0 Å². The van der Waals surface area contributed by atoms with Gasteiger partial charge in [0.2, 0.25) is 11.9 Å². The quantitative estimate of drug-likeness (QED) is 0.849. The minimum atomic E-state index is 0.0727. The van der Waals surface area contributed by atoms with Crippen molar-refractivity contribution >= 4 is 17.7 Å². The van der Waals surface area contributed by atoms with Gasteiger partial charge in [0, 0.05) is 56.9 Å². The second-order valence-electron chi connectivity index (χ2n) is 7.18. The summed E-state index contributed by atoms with van der Waals surface area (Å²) in [5.41, 5.74) is 1.02. The van der Waals surface area contributed by atoms with Crippen LogP contribution in [0.5, 0.6) is 0 Å². The highest BCUT2D eigenvalue weighted by molar-refractivity contribution is 5.78. The summed E-state index contributed by atoms with van der Waals surface area (Å²) in [6, 6.07) is 2.06. The van der Waals surface area contributed by atoms with Gasteiger partial charge >= 0.3 is 0 Å². The monoisotopic (exact) mass is 331 g/mol. The molecule has 0 bridgehead atoms. The zero-order valence-electron chi connectivity index (χ0n) is 15.2. The highest BCUT2D eigenvalue weighted by atomic mass is 16.2. The van der Waals surface area contributed by atoms with E-state index in [-0.39, 0.29) is 11.8 Å². The molecule has 1 aromatic rings. The van der Waals surface area contributed by atoms with Gasteiger partial charge in [-0.05, 0) is 26.2 Å². The van der Waals surface area contributed by atoms with E-state index in [2.05, 4.69) is 20.9 Å². The molecule has 2 fully saturated rings. The van der Waals surface area contributed by atoms with E-state index >= 15 is 0 Å². The Kier molecular flexibility index (Phi) is 5.21. The standard InChI is InChI=1S/C18H29N5O/c1-14(2)17(24)22-11-9-21(10-12-22)16-13-15(3)19-18(20-16)23-7-5-4-6-8-23/h13-14H,4-12H2,1-3H3. The topological polar surface area (TPSA) is 52.6 Å². The van der Waals surface area contributed by atoms with Crippen LogP contribution < -0.4 is 9.80 Å². The lowest BCUT2D eigenvalue weighted by atomic mass is 10.1. The third-order valence-corrected chi connectivity index (χ3v) is 4.88. The summed E-state index contributed by atoms with van der Waals surface area (Å²) in [6.45, 7) is 11.3. The van der Waals surface area contributed by atoms with Crippen LogP contribution in [-0.2, 0) is 4.79 Å². The lowest BCUT2D eigenvalue weighted by molar-refractivity contribution is -0.134. The van der Waals surface area contributed by atoms with Gasteiger partial charge in [-0.3, -0.25) is 4.79 Å². The Morgan fingerprint density at radius 3 is 2.25 bits per heavy atom. The molecule has 0 spiro atoms. The number of piperazine rings is 1. The minimum Gasteiger partial charge on any atom is -0.353 e. The predicted molar refractivity (Wildman–Crippen MR) is 96.5 cm³/mol. The number of amides is 1. The molecule has 0 aliphatic carbocycles. The number of carbonyl (C=O) groups excluding carboxylic acids is 1. The minimum absolute atomic E-state index is 0.0727. The van der Waals surface area contributed by atoms with Gasteiger partial charge in [0.05, 0.1) is 0 Å². The number of aromatic nitrogens is 2. The van der Waals surface area contributed by atoms with Crippen molar-refractivity contribution in [1.82, 2.24) is 14.9 Å². The molecule has 1 amide bonds. The number of rotatable bonds is 3. The van der Waals surface area contributed by atoms with Crippen molar-refractivity contribution in [2.24, 2.45) is 5.92 Å². The molecule has 0 saturated carbocycles. The van der Waals surface area contributed by atoms with Crippen molar-refractivity contribution in [2.75, 3.05) is 49.1 Å². The predicted octanol–water partition coefficient (Wildman–Crippen LogP) is 2.08. The summed E-state index contributed by atoms with van der Waals surface area (Å²) >= 11 is 0. The van der Waals surface area contributed by atoms with E-state index < -0.39 is 0 Å². The van der Waals surface area contributed by atoms with Crippen LogP contribution in [-0.4, -0.2) is 60.0 Å². The van der Waals surface area contributed by atoms with E-state index in [1.54, 1.807) is 0 Å². The maximum atomic E-state index is 12.1. The fourth-order valence-electron chi connectivity index (χ4n) is 3.45. The number of anilines is 2. The zero-order chi connectivity index (χ0) is 17.1. The third-order valence-electron chi connectivity index (χ3n) is 4.88. The van der Waals surface area contributed by atoms with E-state index in [0.29, 0.717) is 0 Å². The Bertz CT molecular complexity index is 575. The number of hydrogen-bond donors (Lipinski definition) is 0. The summed E-state index contributed by atoms with van der Waals surface area (Å²) in [4.78, 5) is 28.2. The highest BCUT2D eigenvalue weighted by Crippen LogP contribution is 2.21. The maximum Gasteiger partial charge on any atom is 0.227 e. The molecular formula is C18H29N5O. The van der Waals surface area contributed by atoms with Gasteiger partial charge in [-0.2, -0.15) is 4.98 Å². The van der Waals surface area contributed by atoms with Gasteiger partial charge in [0.15, 0.2) is 0 Å². The van der Waals surface area contributed by atoms with Gasteiger partial charge < -0.3 is 14.7 Å². The number of aryl methyl sites for hydroxylation is 1. The summed E-state index contributed by atoms with van der Waals surface area (Å²) in [5.74, 6) is 2.19. The summed E-state index contributed by atoms with van der Waals surface area (Å²) in [7, 11) is 0. The molecule has 6 heteroatoms. The molecule has 0 radical (unpaired) electrons. The highest BCUT2D eigenvalue weighted by Gasteiger charge is 2.24. The molecule has 24 heavy (non-hydrogen) atoms. The van der Waals surface area contributed by atoms with Gasteiger partial charge in [-0.1, -0.05) is 13.8 Å². The fraction of sp³-hybridized carbons (Fsp3) is 0.722. The van der Waals surface area contributed by atoms with Crippen LogP contribution in [0, 0.1) is 12.8 Å². The molecule has 2 aliphatic heterocycles. The molecule has 0 unspecified atom stereocenters. The molecule has 6 nitrogen and oxygen atoms in total. The van der Waals surface area contributed by atoms with Crippen LogP contribution in [0.4, 0.5) is 11.8 Å². The molecule has 1 aromatic heterocycles. The van der Waals surface area contributed by atoms with Crippen LogP contribution in [0.2, 0.25) is 0 Å². The number of carbonyl (C=O) groups is 1. The Hall–Kier alpha value is -1.85. The van der Waals surface area contributed by atoms with Crippen molar-refractivity contribution in [3.8, 4) is 0 Å². The van der Waals surface area contributed by atoms with Crippen molar-refractivity contribution in [2.45, 2.75) is 40.0 Å². The number of piperidine rings is 1. The smallest absolute Gasteiger partial charge is 0.227 e. The molecule has 3 rings (SSSR count). The number of hydrogen-bond acceptors (Lipinski definition) is 5. The van der Waals surface area contributed by atoms with Gasteiger partial charge in [0.25, 0.3) is 0 Å². The van der Waals surface area contributed by atoms with E-state index in [1.165, 1.54) is 19.3 Å². The van der Waals surface area contributed by atoms with Crippen LogP contribution in [0.1, 0.15) is 38.8 Å². The normalized spacial score (nSPS) is 19.1. The van der Waals surface area contributed by atoms with Crippen LogP contribution >= 0.6 is 0 Å². The van der Waals surface area contributed by atoms with E-state index in [9.17, 15) is 4.79 Å². The Labute approximate surface area is 144 Å². The Balaban J connectivity index is 1.69. The first-order valence-electron chi connectivity index (χ1n) is 9.19. The average molecular weight is 331 g/mol. The molecule has 0 aromatic carbocycles. The largest absolute Gasteiger partial charge is 0.353 e. The summed E-state index contributed by atoms with van der Waals surface area (Å²) in [5, 5.41) is 0. The zero-order valence-corrected chi connectivity index (χ0v) is 15.2. The third kappa shape index (κ3) is 3.79. The van der Waals surface area contributed by atoms with Crippen LogP contribution in [0.3, 0.4) is 0 Å². The Morgan fingerprint density at radius 2 is 1.62 bits per heavy atom. The van der Waals surface area contributed by atoms with E-state index in [0.717, 1.165) is 56.7 Å². The molecule has 132 valence electrons. The fourth-order valence-corrected chi connectivity index (χ4v) is 3.45. The van der Waals surface area contributed by atoms with Crippen LogP contribution in [0.25, 0.3) is 0 Å². The van der Waals surface area contributed by atoms with Gasteiger partial charge in [-0.15, -0.1) is 0 Å². The second-order valence-corrected chi connectivity index (χ2v) is 7.18. The van der Waals surface area contributed by atoms with Gasteiger partial charge in [0.1, 0.15) is 5.82 Å². The molecule has 0 atom stereocenters. The molecule has 2 saturated heterocycles. The molecule has 3 heterocycles. The molecular weight excluding hydrogens is 302 g/mol. The average Bonchev–Trinajstić information content (AvgIpc) is 2.61. The van der Waals surface area contributed by atoms with Crippen LogP contribution in [0.15, 0.2) is 6.07 Å². The van der Waals surface area contributed by atoms with Crippen molar-refractivity contribution < 1.29 is 4.79 Å². The molecule has 2 aliphatic rings. The summed E-state index contributed by atoms with van der Waals surface area (Å²) < 4.78 is 0. The number of nitrogens with zero attached hydrogens (tertiary/aromatic N) is 5. The Morgan fingerprint density at radius 1 is 0.958 bits per heavy atom. The summed E-state index contributed by atoms with van der Waals surface area (Å²) in [6.07, 6.45) is 3.76. The van der Waals surface area contributed by atoms with Crippen molar-refractivity contribution in [3.05, 3.63) is 11.8 Å². The lowest BCUT2D eigenvalue weighted by Crippen LogP contribution is -2.50. The first kappa shape index (κ1) is 17.0.